The molecule has 20 heavy (non-hydrogen) atoms. The number of benzene rings is 1. The zero-order valence-corrected chi connectivity index (χ0v) is 15.8. The van der Waals surface area contributed by atoms with Gasteiger partial charge in [-0.1, -0.05) is 36.8 Å². The van der Waals surface area contributed by atoms with E-state index < -0.39 is 0 Å². The first-order chi connectivity index (χ1) is 9.01. The van der Waals surface area contributed by atoms with Crippen LogP contribution in [-0.2, 0) is 43.9 Å². The fourth-order valence-corrected chi connectivity index (χ4v) is 3.55. The normalized spacial score (nSPS) is 26.1. The van der Waals surface area contributed by atoms with Crippen molar-refractivity contribution < 1.29 is 37.5 Å². The monoisotopic (exact) mass is 362 g/mol. The summed E-state index contributed by atoms with van der Waals surface area (Å²) >= 11 is 0. The van der Waals surface area contributed by atoms with Gasteiger partial charge < -0.3 is 9.65 Å². The fourth-order valence-electron chi connectivity index (χ4n) is 3.13. The average molecular weight is 362 g/mol. The van der Waals surface area contributed by atoms with Crippen LogP contribution in [-0.4, -0.2) is 16.6 Å². The number of hydrogen-bond donors (Lipinski definition) is 0. The predicted octanol–water partition coefficient (Wildman–Crippen LogP) is 2.75. The van der Waals surface area contributed by atoms with Crippen molar-refractivity contribution in [3.05, 3.63) is 36.0 Å². The summed E-state index contributed by atoms with van der Waals surface area (Å²) < 4.78 is 1.79. The van der Waals surface area contributed by atoms with E-state index in [4.69, 9.17) is 0 Å². The first kappa shape index (κ1) is 16.1. The van der Waals surface area contributed by atoms with Gasteiger partial charge in [0.25, 0.3) is 0 Å². The smallest absolute Gasteiger partial charge is 0.231 e. The number of fused-ring (bicyclic) bond motifs is 1. The SMILES string of the molecule is CC1CC(C)(Cc2c[n-]c3ccccc23)C(=O)N1P.[Y]. The van der Waals surface area contributed by atoms with E-state index in [1.807, 2.05) is 24.4 Å². The van der Waals surface area contributed by atoms with Gasteiger partial charge in [-0.05, 0) is 34.5 Å². The molecule has 2 aromatic rings. The Bertz CT molecular complexity index is 642. The van der Waals surface area contributed by atoms with Gasteiger partial charge >= 0.3 is 0 Å². The number of rotatable bonds is 2. The number of aromatic nitrogens is 1. The van der Waals surface area contributed by atoms with E-state index in [1.165, 1.54) is 10.9 Å². The molecule has 1 fully saturated rings. The molecule has 3 rings (SSSR count). The second-order valence-corrected chi connectivity index (χ2v) is 6.36. The molecule has 5 heteroatoms. The van der Waals surface area contributed by atoms with Crippen molar-refractivity contribution in [2.75, 3.05) is 0 Å². The Hall–Kier alpha value is -0.236. The molecule has 1 aliphatic heterocycles. The van der Waals surface area contributed by atoms with E-state index in [0.29, 0.717) is 0 Å². The average Bonchev–Trinajstić information content (AvgIpc) is 2.87. The third-order valence-electron chi connectivity index (χ3n) is 4.16. The minimum absolute atomic E-state index is 0. The van der Waals surface area contributed by atoms with Crippen LogP contribution in [0.2, 0.25) is 0 Å². The quantitative estimate of drug-likeness (QED) is 0.770. The van der Waals surface area contributed by atoms with Crippen LogP contribution in [0, 0.1) is 5.41 Å². The minimum Gasteiger partial charge on any atom is -0.663 e. The van der Waals surface area contributed by atoms with Gasteiger partial charge in [-0.3, -0.25) is 4.79 Å². The molecule has 0 spiro atoms. The van der Waals surface area contributed by atoms with E-state index in [2.05, 4.69) is 34.3 Å². The predicted molar refractivity (Wildman–Crippen MR) is 79.7 cm³/mol. The van der Waals surface area contributed by atoms with Crippen molar-refractivity contribution in [2.24, 2.45) is 5.41 Å². The van der Waals surface area contributed by atoms with Gasteiger partial charge in [0.2, 0.25) is 5.91 Å². The molecule has 1 aromatic heterocycles. The van der Waals surface area contributed by atoms with Crippen molar-refractivity contribution in [1.82, 2.24) is 9.65 Å². The summed E-state index contributed by atoms with van der Waals surface area (Å²) in [6.45, 7) is 4.16. The van der Waals surface area contributed by atoms with Gasteiger partial charge in [0.15, 0.2) is 0 Å². The van der Waals surface area contributed by atoms with E-state index >= 15 is 0 Å². The fraction of sp³-hybridized carbons (Fsp3) is 0.400. The van der Waals surface area contributed by atoms with Crippen molar-refractivity contribution in [3.63, 3.8) is 0 Å². The maximum Gasteiger partial charge on any atom is 0.231 e. The number of carbonyl (C=O) groups is 1. The number of para-hydroxylation sites is 1. The molecule has 103 valence electrons. The van der Waals surface area contributed by atoms with Crippen LogP contribution in [0.25, 0.3) is 10.9 Å². The molecular weight excluding hydrogens is 344 g/mol. The Morgan fingerprint density at radius 3 is 2.80 bits per heavy atom. The van der Waals surface area contributed by atoms with Gasteiger partial charge in [-0.15, -0.1) is 5.52 Å². The standard InChI is InChI=1S/C15H18N2OP.Y/c1-10-7-15(2,14(18)17(10)19)8-11-9-16-13-6-4-3-5-12(11)13;/h3-6,9-10H,7-8,19H2,1-2H3;/q-1;. The molecule has 3 unspecified atom stereocenters. The molecule has 0 N–H and O–H groups in total. The van der Waals surface area contributed by atoms with Crippen LogP contribution in [0.1, 0.15) is 25.8 Å². The number of carbonyl (C=O) groups excluding carboxylic acids is 1. The maximum atomic E-state index is 12.4. The summed E-state index contributed by atoms with van der Waals surface area (Å²) in [5, 5.41) is 1.17. The van der Waals surface area contributed by atoms with Crippen LogP contribution in [0.4, 0.5) is 0 Å². The first-order valence-electron chi connectivity index (χ1n) is 6.59. The molecule has 2 heterocycles. The van der Waals surface area contributed by atoms with E-state index in [1.54, 1.807) is 4.67 Å². The molecule has 3 nitrogen and oxygen atoms in total. The second-order valence-electron chi connectivity index (χ2n) is 5.80. The zero-order valence-electron chi connectivity index (χ0n) is 11.8. The van der Waals surface area contributed by atoms with Crippen molar-refractivity contribution in [2.45, 2.75) is 32.7 Å². The number of hydrogen-bond acceptors (Lipinski definition) is 1. The largest absolute Gasteiger partial charge is 0.663 e. The van der Waals surface area contributed by atoms with Crippen molar-refractivity contribution >= 4 is 26.2 Å². The van der Waals surface area contributed by atoms with E-state index in [9.17, 15) is 4.79 Å². The molecule has 0 aliphatic carbocycles. The molecule has 1 saturated heterocycles. The van der Waals surface area contributed by atoms with Gasteiger partial charge in [0.05, 0.1) is 5.41 Å². The summed E-state index contributed by atoms with van der Waals surface area (Å²) in [4.78, 5) is 16.8. The molecule has 1 amide bonds. The minimum atomic E-state index is -0.306. The van der Waals surface area contributed by atoms with E-state index in [-0.39, 0.29) is 50.1 Å². The summed E-state index contributed by atoms with van der Waals surface area (Å²) in [6.07, 6.45) is 3.58. The Morgan fingerprint density at radius 2 is 2.15 bits per heavy atom. The van der Waals surface area contributed by atoms with Crippen LogP contribution in [0.15, 0.2) is 30.5 Å². The Kier molecular flexibility index (Phi) is 4.74. The maximum absolute atomic E-state index is 12.4. The van der Waals surface area contributed by atoms with Crippen LogP contribution < -0.4 is 4.98 Å². The summed E-state index contributed by atoms with van der Waals surface area (Å²) in [5.74, 6) is 0.218. The van der Waals surface area contributed by atoms with E-state index in [0.717, 1.165) is 18.4 Å². The van der Waals surface area contributed by atoms with Crippen molar-refractivity contribution in [3.8, 4) is 0 Å². The number of nitrogens with zero attached hydrogens (tertiary/aromatic N) is 2. The number of amides is 1. The molecular formula is C15H18N2OPY-. The Morgan fingerprint density at radius 1 is 1.45 bits per heavy atom. The Labute approximate surface area is 147 Å². The molecule has 0 saturated carbocycles. The molecule has 1 aromatic carbocycles. The molecule has 0 bridgehead atoms. The molecule has 1 radical (unpaired) electrons. The van der Waals surface area contributed by atoms with Gasteiger partial charge in [-0.25, -0.2) is 0 Å². The van der Waals surface area contributed by atoms with Gasteiger partial charge in [-0.2, -0.15) is 6.20 Å². The third kappa shape index (κ3) is 2.61. The summed E-state index contributed by atoms with van der Waals surface area (Å²) in [6, 6.07) is 8.41. The molecule has 3 atom stereocenters. The zero-order chi connectivity index (χ0) is 13.6. The molecule has 1 aliphatic rings. The Balaban J connectivity index is 0.00000147. The van der Waals surface area contributed by atoms with Crippen molar-refractivity contribution in [1.29, 1.82) is 0 Å². The second kappa shape index (κ2) is 5.87. The summed E-state index contributed by atoms with van der Waals surface area (Å²) in [5.41, 5.74) is 1.89. The van der Waals surface area contributed by atoms with Gasteiger partial charge in [0.1, 0.15) is 0 Å². The third-order valence-corrected chi connectivity index (χ3v) is 4.91. The van der Waals surface area contributed by atoms with Crippen LogP contribution in [0.5, 0.6) is 0 Å². The van der Waals surface area contributed by atoms with Crippen LogP contribution >= 0.6 is 9.39 Å². The first-order valence-corrected chi connectivity index (χ1v) is 7.10. The topological polar surface area (TPSA) is 34.4 Å². The van der Waals surface area contributed by atoms with Gasteiger partial charge in [0, 0.05) is 38.8 Å². The summed E-state index contributed by atoms with van der Waals surface area (Å²) in [7, 11) is 2.55. The van der Waals surface area contributed by atoms with Crippen LogP contribution in [0.3, 0.4) is 0 Å².